The van der Waals surface area contributed by atoms with Gasteiger partial charge in [0.05, 0.1) is 0 Å². The van der Waals surface area contributed by atoms with Crippen LogP contribution in [0.25, 0.3) is 10.6 Å². The van der Waals surface area contributed by atoms with Gasteiger partial charge in [0.25, 0.3) is 0 Å². The van der Waals surface area contributed by atoms with Gasteiger partial charge in [-0.2, -0.15) is 5.10 Å². The lowest BCUT2D eigenvalue weighted by Crippen LogP contribution is -2.40. The van der Waals surface area contributed by atoms with Crippen LogP contribution >= 0.6 is 11.3 Å². The third kappa shape index (κ3) is 5.83. The van der Waals surface area contributed by atoms with Crippen molar-refractivity contribution < 1.29 is 4.79 Å². The van der Waals surface area contributed by atoms with Crippen molar-refractivity contribution in [2.24, 2.45) is 0 Å². The monoisotopic (exact) mass is 493 g/mol. The lowest BCUT2D eigenvalue weighted by atomic mass is 9.79. The minimum atomic E-state index is 0.0823. The zero-order chi connectivity index (χ0) is 25.5. The highest BCUT2D eigenvalue weighted by Gasteiger charge is 2.27. The first-order chi connectivity index (χ1) is 16.3. The number of thiazole rings is 1. The summed E-state index contributed by atoms with van der Waals surface area (Å²) < 4.78 is 1.71. The van der Waals surface area contributed by atoms with Gasteiger partial charge in [-0.1, -0.05) is 47.6 Å². The number of piperidine rings is 1. The van der Waals surface area contributed by atoms with Crippen LogP contribution in [-0.2, 0) is 22.2 Å². The summed E-state index contributed by atoms with van der Waals surface area (Å²) >= 11 is 1.81. The average Bonchev–Trinajstić information content (AvgIpc) is 3.39. The van der Waals surface area contributed by atoms with Crippen LogP contribution < -0.4 is 0 Å². The molecule has 0 bridgehead atoms. The van der Waals surface area contributed by atoms with Crippen LogP contribution in [0.15, 0.2) is 24.4 Å². The zero-order valence-corrected chi connectivity index (χ0v) is 23.3. The molecule has 0 spiro atoms. The van der Waals surface area contributed by atoms with E-state index >= 15 is 0 Å². The van der Waals surface area contributed by atoms with Crippen LogP contribution in [0.2, 0.25) is 0 Å². The fraction of sp³-hybridized carbons (Fsp3) is 0.571. The fourth-order valence-electron chi connectivity index (χ4n) is 4.58. The van der Waals surface area contributed by atoms with Gasteiger partial charge < -0.3 is 4.90 Å². The van der Waals surface area contributed by atoms with Gasteiger partial charge in [-0.05, 0) is 66.7 Å². The molecule has 3 aromatic rings. The number of aromatic nitrogens is 4. The minimum absolute atomic E-state index is 0.0823. The first kappa shape index (κ1) is 25.5. The van der Waals surface area contributed by atoms with Gasteiger partial charge in [0.2, 0.25) is 5.91 Å². The molecule has 188 valence electrons. The molecule has 1 aliphatic rings. The van der Waals surface area contributed by atoms with E-state index in [9.17, 15) is 4.79 Å². The van der Waals surface area contributed by atoms with Crippen LogP contribution in [0, 0.1) is 13.8 Å². The van der Waals surface area contributed by atoms with Gasteiger partial charge in [0.1, 0.15) is 23.2 Å². The maximum Gasteiger partial charge on any atom is 0.244 e. The maximum absolute atomic E-state index is 12.8. The Balaban J connectivity index is 1.46. The van der Waals surface area contributed by atoms with Crippen molar-refractivity contribution in [3.8, 4) is 10.6 Å². The number of benzene rings is 1. The van der Waals surface area contributed by atoms with Gasteiger partial charge >= 0.3 is 0 Å². The lowest BCUT2D eigenvalue weighted by molar-refractivity contribution is -0.133. The third-order valence-electron chi connectivity index (χ3n) is 6.93. The number of hydrogen-bond donors (Lipinski definition) is 0. The molecular weight excluding hydrogens is 454 g/mol. The second kappa shape index (κ2) is 9.49. The average molecular weight is 494 g/mol. The van der Waals surface area contributed by atoms with Gasteiger partial charge in [0, 0.05) is 29.7 Å². The molecule has 1 fully saturated rings. The van der Waals surface area contributed by atoms with Crippen molar-refractivity contribution in [1.82, 2.24) is 24.6 Å². The molecule has 0 atom stereocenters. The van der Waals surface area contributed by atoms with Gasteiger partial charge in [0.15, 0.2) is 0 Å². The molecule has 4 rings (SSSR count). The second-order valence-corrected chi connectivity index (χ2v) is 12.9. The number of aryl methyl sites for hydroxylation is 2. The summed E-state index contributed by atoms with van der Waals surface area (Å²) in [7, 11) is 0. The number of likely N-dealkylation sites (tertiary alicyclic amines) is 1. The van der Waals surface area contributed by atoms with Crippen molar-refractivity contribution in [2.45, 2.75) is 91.5 Å². The van der Waals surface area contributed by atoms with Crippen molar-refractivity contribution in [3.63, 3.8) is 0 Å². The Hall–Kier alpha value is -2.54. The highest BCUT2D eigenvalue weighted by Crippen LogP contribution is 2.38. The van der Waals surface area contributed by atoms with Crippen LogP contribution in [0.1, 0.15) is 88.0 Å². The molecule has 6 nitrogen and oxygen atoms in total. The number of carbonyl (C=O) groups excluding carboxylic acids is 1. The highest BCUT2D eigenvalue weighted by atomic mass is 32.1. The Morgan fingerprint density at radius 1 is 1.00 bits per heavy atom. The van der Waals surface area contributed by atoms with Crippen molar-refractivity contribution >= 4 is 17.2 Å². The highest BCUT2D eigenvalue weighted by molar-refractivity contribution is 7.15. The van der Waals surface area contributed by atoms with Crippen LogP contribution in [-0.4, -0.2) is 43.6 Å². The molecule has 7 heteroatoms. The minimum Gasteiger partial charge on any atom is -0.341 e. The standard InChI is InChI=1S/C28H39N5OS/c1-18-30-19(2)33(31-18)17-25(34)32-11-9-20(10-12-32)24-16-29-26(35-24)21-13-22(27(3,4)5)15-23(14-21)28(6,7)8/h13-16,20H,9-12,17H2,1-8H3. The molecule has 1 aromatic carbocycles. The zero-order valence-electron chi connectivity index (χ0n) is 22.5. The first-order valence-electron chi connectivity index (χ1n) is 12.6. The molecule has 1 saturated heterocycles. The molecule has 2 aromatic heterocycles. The van der Waals surface area contributed by atoms with Crippen LogP contribution in [0.4, 0.5) is 0 Å². The van der Waals surface area contributed by atoms with E-state index in [4.69, 9.17) is 4.98 Å². The van der Waals surface area contributed by atoms with Crippen molar-refractivity contribution in [2.75, 3.05) is 13.1 Å². The summed E-state index contributed by atoms with van der Waals surface area (Å²) in [6.45, 7) is 19.2. The summed E-state index contributed by atoms with van der Waals surface area (Å²) in [5.74, 6) is 2.06. The first-order valence-corrected chi connectivity index (χ1v) is 13.4. The van der Waals surface area contributed by atoms with Crippen LogP contribution in [0.5, 0.6) is 0 Å². The quantitative estimate of drug-likeness (QED) is 0.446. The maximum atomic E-state index is 12.8. The molecule has 35 heavy (non-hydrogen) atoms. The molecule has 0 radical (unpaired) electrons. The van der Waals surface area contributed by atoms with E-state index in [1.807, 2.05) is 30.1 Å². The van der Waals surface area contributed by atoms with E-state index in [1.165, 1.54) is 21.6 Å². The lowest BCUT2D eigenvalue weighted by Gasteiger charge is -2.31. The SMILES string of the molecule is Cc1nc(C)n(CC(=O)N2CCC(c3cnc(-c4cc(C(C)(C)C)cc(C(C)(C)C)c4)s3)CC2)n1. The second-order valence-electron chi connectivity index (χ2n) is 11.9. The Kier molecular flexibility index (Phi) is 6.93. The third-order valence-corrected chi connectivity index (χ3v) is 8.14. The van der Waals surface area contributed by atoms with Crippen molar-refractivity contribution in [1.29, 1.82) is 0 Å². The molecule has 1 amide bonds. The molecule has 0 unspecified atom stereocenters. The summed E-state index contributed by atoms with van der Waals surface area (Å²) in [5.41, 5.74) is 4.07. The Morgan fingerprint density at radius 2 is 1.60 bits per heavy atom. The van der Waals surface area contributed by atoms with E-state index < -0.39 is 0 Å². The molecule has 3 heterocycles. The largest absolute Gasteiger partial charge is 0.341 e. The molecule has 0 N–H and O–H groups in total. The fourth-order valence-corrected chi connectivity index (χ4v) is 5.65. The van der Waals surface area contributed by atoms with E-state index in [0.717, 1.165) is 36.8 Å². The van der Waals surface area contributed by atoms with E-state index in [0.29, 0.717) is 11.7 Å². The Bertz CT molecular complexity index is 1170. The topological polar surface area (TPSA) is 63.9 Å². The number of carbonyl (C=O) groups is 1. The van der Waals surface area contributed by atoms with Crippen molar-refractivity contribution in [3.05, 3.63) is 52.0 Å². The predicted molar refractivity (Wildman–Crippen MR) is 143 cm³/mol. The van der Waals surface area contributed by atoms with Crippen LogP contribution in [0.3, 0.4) is 0 Å². The number of nitrogens with zero attached hydrogens (tertiary/aromatic N) is 5. The smallest absolute Gasteiger partial charge is 0.244 e. The summed E-state index contributed by atoms with van der Waals surface area (Å²) in [5, 5.41) is 5.42. The van der Waals surface area contributed by atoms with Gasteiger partial charge in [-0.25, -0.2) is 14.6 Å². The Labute approximate surface area is 213 Å². The summed E-state index contributed by atoms with van der Waals surface area (Å²) in [4.78, 5) is 25.3. The molecule has 0 aliphatic carbocycles. The van der Waals surface area contributed by atoms with E-state index in [-0.39, 0.29) is 23.3 Å². The van der Waals surface area contributed by atoms with Gasteiger partial charge in [-0.3, -0.25) is 4.79 Å². The van der Waals surface area contributed by atoms with E-state index in [2.05, 4.69) is 76.0 Å². The Morgan fingerprint density at radius 3 is 2.11 bits per heavy atom. The molecular formula is C28H39N5OS. The summed E-state index contributed by atoms with van der Waals surface area (Å²) in [6.07, 6.45) is 4.00. The number of hydrogen-bond acceptors (Lipinski definition) is 5. The predicted octanol–water partition coefficient (Wildman–Crippen LogP) is 6.02. The normalized spacial score (nSPS) is 15.6. The number of amides is 1. The summed E-state index contributed by atoms with van der Waals surface area (Å²) in [6, 6.07) is 6.98. The van der Waals surface area contributed by atoms with Gasteiger partial charge in [-0.15, -0.1) is 11.3 Å². The van der Waals surface area contributed by atoms with E-state index in [1.54, 1.807) is 4.68 Å². The molecule has 1 aliphatic heterocycles. The molecule has 0 saturated carbocycles. The number of rotatable bonds is 4.